The quantitative estimate of drug-likeness (QED) is 0.579. The number of hydroxylamine groups is 1. The second-order valence-corrected chi connectivity index (χ2v) is 5.66. The van der Waals surface area contributed by atoms with Crippen LogP contribution in [0.1, 0.15) is 30.4 Å². The number of anilines is 1. The van der Waals surface area contributed by atoms with E-state index < -0.39 is 0 Å². The third-order valence-electron chi connectivity index (χ3n) is 4.13. The first-order valence-electron chi connectivity index (χ1n) is 7.04. The Bertz CT molecular complexity index is 552. The van der Waals surface area contributed by atoms with Crippen molar-refractivity contribution in [3.63, 3.8) is 0 Å². The Morgan fingerprint density at radius 1 is 1.05 bits per heavy atom. The number of benzene rings is 1. The standard InChI is InChI=1S/C15H18N2O3/c18-14(10-2-3-10)16-13-6-5-9-1-4-11(15(19)17-20)7-12(9)8-13/h5-6,8,10-11,20H,1-4,7H2,(H,16,18)(H,17,19). The zero-order chi connectivity index (χ0) is 14.1. The highest BCUT2D eigenvalue weighted by Gasteiger charge is 2.30. The van der Waals surface area contributed by atoms with Crippen LogP contribution in [0.3, 0.4) is 0 Å². The maximum atomic E-state index is 11.8. The van der Waals surface area contributed by atoms with E-state index in [1.165, 1.54) is 5.56 Å². The van der Waals surface area contributed by atoms with Crippen LogP contribution in [0.25, 0.3) is 0 Å². The number of hydrogen-bond acceptors (Lipinski definition) is 3. The van der Waals surface area contributed by atoms with E-state index in [0.29, 0.717) is 6.42 Å². The molecule has 0 aromatic heterocycles. The summed E-state index contributed by atoms with van der Waals surface area (Å²) < 4.78 is 0. The minimum atomic E-state index is -0.330. The van der Waals surface area contributed by atoms with Crippen molar-refractivity contribution in [2.45, 2.75) is 32.1 Å². The molecule has 0 aliphatic heterocycles. The summed E-state index contributed by atoms with van der Waals surface area (Å²) in [7, 11) is 0. The molecular weight excluding hydrogens is 256 g/mol. The average molecular weight is 274 g/mol. The molecule has 3 N–H and O–H groups in total. The first-order chi connectivity index (χ1) is 9.67. The van der Waals surface area contributed by atoms with Crippen molar-refractivity contribution >= 4 is 17.5 Å². The molecule has 1 fully saturated rings. The molecule has 106 valence electrons. The number of fused-ring (bicyclic) bond motifs is 1. The van der Waals surface area contributed by atoms with Gasteiger partial charge in [0.15, 0.2) is 0 Å². The highest BCUT2D eigenvalue weighted by molar-refractivity contribution is 5.94. The van der Waals surface area contributed by atoms with Crippen molar-refractivity contribution in [2.75, 3.05) is 5.32 Å². The van der Waals surface area contributed by atoms with E-state index in [2.05, 4.69) is 5.32 Å². The Hall–Kier alpha value is -1.88. The van der Waals surface area contributed by atoms with Crippen LogP contribution in [0.4, 0.5) is 5.69 Å². The van der Waals surface area contributed by atoms with Gasteiger partial charge in [0, 0.05) is 17.5 Å². The van der Waals surface area contributed by atoms with Crippen LogP contribution in [-0.4, -0.2) is 17.0 Å². The molecule has 1 saturated carbocycles. The van der Waals surface area contributed by atoms with E-state index >= 15 is 0 Å². The minimum Gasteiger partial charge on any atom is -0.326 e. The zero-order valence-corrected chi connectivity index (χ0v) is 11.2. The Balaban J connectivity index is 1.74. The summed E-state index contributed by atoms with van der Waals surface area (Å²) in [5, 5.41) is 11.6. The van der Waals surface area contributed by atoms with Crippen molar-refractivity contribution in [2.24, 2.45) is 11.8 Å². The van der Waals surface area contributed by atoms with Crippen molar-refractivity contribution in [3.05, 3.63) is 29.3 Å². The molecule has 1 aromatic carbocycles. The molecule has 5 heteroatoms. The van der Waals surface area contributed by atoms with E-state index in [4.69, 9.17) is 5.21 Å². The van der Waals surface area contributed by atoms with E-state index in [0.717, 1.165) is 36.9 Å². The lowest BCUT2D eigenvalue weighted by molar-refractivity contribution is -0.133. The third-order valence-corrected chi connectivity index (χ3v) is 4.13. The predicted octanol–water partition coefficient (Wildman–Crippen LogP) is 1.65. The molecule has 0 radical (unpaired) electrons. The van der Waals surface area contributed by atoms with Crippen LogP contribution in [0, 0.1) is 11.8 Å². The lowest BCUT2D eigenvalue weighted by Crippen LogP contribution is -2.32. The molecule has 5 nitrogen and oxygen atoms in total. The van der Waals surface area contributed by atoms with Crippen LogP contribution in [0.5, 0.6) is 0 Å². The number of hydrogen-bond donors (Lipinski definition) is 3. The summed E-state index contributed by atoms with van der Waals surface area (Å²) in [6.07, 6.45) is 4.14. The highest BCUT2D eigenvalue weighted by atomic mass is 16.5. The van der Waals surface area contributed by atoms with Gasteiger partial charge in [-0.1, -0.05) is 6.07 Å². The molecule has 0 heterocycles. The third kappa shape index (κ3) is 2.67. The monoisotopic (exact) mass is 274 g/mol. The second kappa shape index (κ2) is 5.25. The fourth-order valence-electron chi connectivity index (χ4n) is 2.74. The van der Waals surface area contributed by atoms with Gasteiger partial charge in [-0.2, -0.15) is 0 Å². The van der Waals surface area contributed by atoms with Crippen molar-refractivity contribution in [1.82, 2.24) is 5.48 Å². The number of nitrogens with one attached hydrogen (secondary N) is 2. The molecule has 1 unspecified atom stereocenters. The lowest BCUT2D eigenvalue weighted by Gasteiger charge is -2.23. The van der Waals surface area contributed by atoms with Crippen LogP contribution in [0.2, 0.25) is 0 Å². The molecule has 3 rings (SSSR count). The van der Waals surface area contributed by atoms with Gasteiger partial charge in [-0.25, -0.2) is 5.48 Å². The minimum absolute atomic E-state index is 0.0883. The fourth-order valence-corrected chi connectivity index (χ4v) is 2.74. The summed E-state index contributed by atoms with van der Waals surface area (Å²) in [4.78, 5) is 23.3. The van der Waals surface area contributed by atoms with E-state index in [9.17, 15) is 9.59 Å². The molecule has 2 aliphatic carbocycles. The van der Waals surface area contributed by atoms with Crippen molar-refractivity contribution in [1.29, 1.82) is 0 Å². The summed E-state index contributed by atoms with van der Waals surface area (Å²) in [5.41, 5.74) is 4.82. The molecule has 1 aromatic rings. The van der Waals surface area contributed by atoms with Crippen LogP contribution in [-0.2, 0) is 22.4 Å². The molecule has 2 aliphatic rings. The summed E-state index contributed by atoms with van der Waals surface area (Å²) >= 11 is 0. The van der Waals surface area contributed by atoms with Gasteiger partial charge in [0.25, 0.3) is 0 Å². The zero-order valence-electron chi connectivity index (χ0n) is 11.2. The molecule has 20 heavy (non-hydrogen) atoms. The highest BCUT2D eigenvalue weighted by Crippen LogP contribution is 2.32. The maximum Gasteiger partial charge on any atom is 0.246 e. The molecule has 0 bridgehead atoms. The first-order valence-corrected chi connectivity index (χ1v) is 7.04. The van der Waals surface area contributed by atoms with Crippen LogP contribution in [0.15, 0.2) is 18.2 Å². The largest absolute Gasteiger partial charge is 0.326 e. The Morgan fingerprint density at radius 2 is 1.85 bits per heavy atom. The van der Waals surface area contributed by atoms with Gasteiger partial charge >= 0.3 is 0 Å². The molecule has 0 spiro atoms. The van der Waals surface area contributed by atoms with Gasteiger partial charge in [0.05, 0.1) is 0 Å². The van der Waals surface area contributed by atoms with Crippen LogP contribution < -0.4 is 10.8 Å². The molecule has 2 amide bonds. The fraction of sp³-hybridized carbons (Fsp3) is 0.467. The Labute approximate surface area is 117 Å². The van der Waals surface area contributed by atoms with Gasteiger partial charge < -0.3 is 5.32 Å². The van der Waals surface area contributed by atoms with E-state index in [1.54, 1.807) is 5.48 Å². The summed E-state index contributed by atoms with van der Waals surface area (Å²) in [6.45, 7) is 0. The van der Waals surface area contributed by atoms with Crippen molar-refractivity contribution < 1.29 is 14.8 Å². The normalized spacial score (nSPS) is 20.9. The van der Waals surface area contributed by atoms with Gasteiger partial charge in [-0.15, -0.1) is 0 Å². The Kier molecular flexibility index (Phi) is 3.44. The second-order valence-electron chi connectivity index (χ2n) is 5.66. The van der Waals surface area contributed by atoms with E-state index in [-0.39, 0.29) is 23.7 Å². The topological polar surface area (TPSA) is 78.4 Å². The summed E-state index contributed by atoms with van der Waals surface area (Å²) in [6, 6.07) is 5.89. The molecular formula is C15H18N2O3. The number of carbonyl (C=O) groups excluding carboxylic acids is 2. The number of rotatable bonds is 3. The average Bonchev–Trinajstić information content (AvgIpc) is 3.30. The Morgan fingerprint density at radius 3 is 2.55 bits per heavy atom. The van der Waals surface area contributed by atoms with Gasteiger partial charge in [0.2, 0.25) is 11.8 Å². The lowest BCUT2D eigenvalue weighted by atomic mass is 9.83. The van der Waals surface area contributed by atoms with Gasteiger partial charge in [-0.05, 0) is 55.4 Å². The summed E-state index contributed by atoms with van der Waals surface area (Å²) in [5.74, 6) is -0.255. The maximum absolute atomic E-state index is 11.8. The smallest absolute Gasteiger partial charge is 0.246 e. The van der Waals surface area contributed by atoms with Crippen LogP contribution >= 0.6 is 0 Å². The van der Waals surface area contributed by atoms with E-state index in [1.807, 2.05) is 18.2 Å². The predicted molar refractivity (Wildman–Crippen MR) is 73.2 cm³/mol. The molecule has 1 atom stereocenters. The molecule has 0 saturated heterocycles. The first kappa shape index (κ1) is 13.1. The van der Waals surface area contributed by atoms with Gasteiger partial charge in [-0.3, -0.25) is 14.8 Å². The number of aryl methyl sites for hydroxylation is 1. The van der Waals surface area contributed by atoms with Gasteiger partial charge in [0.1, 0.15) is 0 Å². The number of amides is 2. The number of carbonyl (C=O) groups is 2. The SMILES string of the molecule is O=C(NO)C1CCc2ccc(NC(=O)C3CC3)cc2C1. The van der Waals surface area contributed by atoms with Crippen molar-refractivity contribution in [3.8, 4) is 0 Å².